The van der Waals surface area contributed by atoms with Crippen molar-refractivity contribution < 1.29 is 9.59 Å². The highest BCUT2D eigenvalue weighted by Crippen LogP contribution is 2.23. The smallest absolute Gasteiger partial charge is 0.253 e. The Morgan fingerprint density at radius 3 is 2.84 bits per heavy atom. The van der Waals surface area contributed by atoms with E-state index in [0.717, 1.165) is 5.56 Å². The van der Waals surface area contributed by atoms with Crippen LogP contribution in [0.3, 0.4) is 0 Å². The number of nitrogens with zero attached hydrogens (tertiary/aromatic N) is 3. The molecule has 0 unspecified atom stereocenters. The number of carbonyl (C=O) groups excluding carboxylic acids is 2. The predicted octanol–water partition coefficient (Wildman–Crippen LogP) is 1.38. The van der Waals surface area contributed by atoms with Gasteiger partial charge >= 0.3 is 0 Å². The van der Waals surface area contributed by atoms with Gasteiger partial charge in [-0.15, -0.1) is 0 Å². The van der Waals surface area contributed by atoms with Gasteiger partial charge in [-0.05, 0) is 6.08 Å². The summed E-state index contributed by atoms with van der Waals surface area (Å²) in [6.45, 7) is 4.38. The molecule has 2 amide bonds. The van der Waals surface area contributed by atoms with Crippen LogP contribution in [-0.2, 0) is 16.6 Å². The van der Waals surface area contributed by atoms with Crippen LogP contribution in [-0.4, -0.2) is 33.0 Å². The standard InChI is InChI=1S/C14H17N3O2/c1-14(2)7-6-13(19)17(10-14)12(18)5-4-11-8-15-16(3)9-11/h4-9H,10H2,1-3H3. The molecule has 19 heavy (non-hydrogen) atoms. The fraction of sp³-hybridized carbons (Fsp3) is 0.357. The second kappa shape index (κ2) is 4.84. The first-order valence-corrected chi connectivity index (χ1v) is 6.09. The predicted molar refractivity (Wildman–Crippen MR) is 71.9 cm³/mol. The first kappa shape index (κ1) is 13.3. The lowest BCUT2D eigenvalue weighted by Gasteiger charge is -2.31. The first-order chi connectivity index (χ1) is 8.87. The average Bonchev–Trinajstić information content (AvgIpc) is 2.75. The molecule has 100 valence electrons. The molecule has 0 saturated heterocycles. The number of aromatic nitrogens is 2. The van der Waals surface area contributed by atoms with E-state index in [0.29, 0.717) is 6.54 Å². The van der Waals surface area contributed by atoms with Crippen molar-refractivity contribution in [2.75, 3.05) is 6.54 Å². The number of hydrogen-bond donors (Lipinski definition) is 0. The van der Waals surface area contributed by atoms with Crippen LogP contribution < -0.4 is 0 Å². The van der Waals surface area contributed by atoms with Crippen LogP contribution >= 0.6 is 0 Å². The highest BCUT2D eigenvalue weighted by atomic mass is 16.2. The highest BCUT2D eigenvalue weighted by Gasteiger charge is 2.29. The molecule has 0 aliphatic carbocycles. The Kier molecular flexibility index (Phi) is 3.38. The Morgan fingerprint density at radius 1 is 1.47 bits per heavy atom. The lowest BCUT2D eigenvalue weighted by Crippen LogP contribution is -2.43. The van der Waals surface area contributed by atoms with E-state index in [9.17, 15) is 9.59 Å². The van der Waals surface area contributed by atoms with Gasteiger partial charge in [0.05, 0.1) is 6.20 Å². The van der Waals surface area contributed by atoms with Crippen LogP contribution in [0, 0.1) is 5.41 Å². The monoisotopic (exact) mass is 259 g/mol. The van der Waals surface area contributed by atoms with Gasteiger partial charge in [0, 0.05) is 42.9 Å². The zero-order chi connectivity index (χ0) is 14.0. The van der Waals surface area contributed by atoms with Crippen LogP contribution in [0.4, 0.5) is 0 Å². The maximum atomic E-state index is 12.0. The largest absolute Gasteiger partial charge is 0.275 e. The molecule has 0 aromatic carbocycles. The summed E-state index contributed by atoms with van der Waals surface area (Å²) in [6.07, 6.45) is 9.82. The zero-order valence-electron chi connectivity index (χ0n) is 11.3. The van der Waals surface area contributed by atoms with Gasteiger partial charge in [0.2, 0.25) is 0 Å². The molecule has 0 bridgehead atoms. The van der Waals surface area contributed by atoms with Crippen molar-refractivity contribution in [3.8, 4) is 0 Å². The molecule has 1 aromatic rings. The third-order valence-corrected chi connectivity index (χ3v) is 2.92. The molecule has 0 saturated carbocycles. The van der Waals surface area contributed by atoms with Crippen molar-refractivity contribution >= 4 is 17.9 Å². The average molecular weight is 259 g/mol. The summed E-state index contributed by atoms with van der Waals surface area (Å²) in [7, 11) is 1.81. The molecule has 0 N–H and O–H groups in total. The second-order valence-corrected chi connectivity index (χ2v) is 5.37. The van der Waals surface area contributed by atoms with Crippen LogP contribution in [0.15, 0.2) is 30.6 Å². The fourth-order valence-corrected chi connectivity index (χ4v) is 1.90. The Labute approximate surface area is 112 Å². The molecule has 1 aromatic heterocycles. The Hall–Kier alpha value is -2.17. The van der Waals surface area contributed by atoms with Crippen LogP contribution in [0.5, 0.6) is 0 Å². The van der Waals surface area contributed by atoms with Gasteiger partial charge in [0.1, 0.15) is 0 Å². The summed E-state index contributed by atoms with van der Waals surface area (Å²) in [5.74, 6) is -0.563. The van der Waals surface area contributed by atoms with Crippen molar-refractivity contribution in [3.05, 3.63) is 36.2 Å². The fourth-order valence-electron chi connectivity index (χ4n) is 1.90. The third kappa shape index (κ3) is 3.19. The van der Waals surface area contributed by atoms with E-state index in [1.807, 2.05) is 19.9 Å². The van der Waals surface area contributed by atoms with Gasteiger partial charge in [0.15, 0.2) is 0 Å². The number of carbonyl (C=O) groups is 2. The molecule has 1 aliphatic heterocycles. The lowest BCUT2D eigenvalue weighted by atomic mass is 9.89. The molecule has 2 rings (SSSR count). The molecule has 5 heteroatoms. The molecule has 0 fully saturated rings. The van der Waals surface area contributed by atoms with E-state index in [1.165, 1.54) is 17.1 Å². The van der Waals surface area contributed by atoms with Crippen molar-refractivity contribution in [3.63, 3.8) is 0 Å². The molecule has 0 atom stereocenters. The van der Waals surface area contributed by atoms with Gasteiger partial charge in [0.25, 0.3) is 11.8 Å². The minimum Gasteiger partial charge on any atom is -0.275 e. The van der Waals surface area contributed by atoms with Gasteiger partial charge in [-0.1, -0.05) is 19.9 Å². The van der Waals surface area contributed by atoms with E-state index >= 15 is 0 Å². The van der Waals surface area contributed by atoms with Crippen LogP contribution in [0.25, 0.3) is 6.08 Å². The van der Waals surface area contributed by atoms with Gasteiger partial charge in [-0.25, -0.2) is 0 Å². The zero-order valence-corrected chi connectivity index (χ0v) is 11.3. The quantitative estimate of drug-likeness (QED) is 0.754. The SMILES string of the molecule is Cn1cc(C=CC(=O)N2CC(C)(C)C=CC2=O)cn1. The summed E-state index contributed by atoms with van der Waals surface area (Å²) in [5.41, 5.74) is 0.654. The van der Waals surface area contributed by atoms with Gasteiger partial charge in [-0.3, -0.25) is 19.2 Å². The molecule has 1 aliphatic rings. The van der Waals surface area contributed by atoms with E-state index in [4.69, 9.17) is 0 Å². The molecule has 0 radical (unpaired) electrons. The molecule has 0 spiro atoms. The topological polar surface area (TPSA) is 55.2 Å². The number of rotatable bonds is 2. The Balaban J connectivity index is 2.10. The minimum absolute atomic E-state index is 0.175. The van der Waals surface area contributed by atoms with Gasteiger partial charge in [-0.2, -0.15) is 5.10 Å². The maximum Gasteiger partial charge on any atom is 0.253 e. The van der Waals surface area contributed by atoms with E-state index in [1.54, 1.807) is 30.2 Å². The number of amides is 2. The second-order valence-electron chi connectivity index (χ2n) is 5.37. The van der Waals surface area contributed by atoms with Crippen LogP contribution in [0.1, 0.15) is 19.4 Å². The summed E-state index contributed by atoms with van der Waals surface area (Å²) in [5, 5.41) is 4.01. The third-order valence-electron chi connectivity index (χ3n) is 2.92. The maximum absolute atomic E-state index is 12.0. The van der Waals surface area contributed by atoms with Crippen molar-refractivity contribution in [2.24, 2.45) is 12.5 Å². The number of hydrogen-bond acceptors (Lipinski definition) is 3. The van der Waals surface area contributed by atoms with E-state index in [-0.39, 0.29) is 17.2 Å². The lowest BCUT2D eigenvalue weighted by molar-refractivity contribution is -0.140. The molecular formula is C14H17N3O2. The van der Waals surface area contributed by atoms with Crippen molar-refractivity contribution in [2.45, 2.75) is 13.8 Å². The molecule has 5 nitrogen and oxygen atoms in total. The normalized spacial score (nSPS) is 18.3. The van der Waals surface area contributed by atoms with Crippen LogP contribution in [0.2, 0.25) is 0 Å². The van der Waals surface area contributed by atoms with E-state index in [2.05, 4.69) is 5.10 Å². The van der Waals surface area contributed by atoms with E-state index < -0.39 is 0 Å². The summed E-state index contributed by atoms with van der Waals surface area (Å²) in [6, 6.07) is 0. The summed E-state index contributed by atoms with van der Waals surface area (Å²) in [4.78, 5) is 25.0. The Bertz CT molecular complexity index is 567. The summed E-state index contributed by atoms with van der Waals surface area (Å²) < 4.78 is 1.65. The first-order valence-electron chi connectivity index (χ1n) is 6.09. The molecule has 2 heterocycles. The minimum atomic E-state index is -0.300. The van der Waals surface area contributed by atoms with Gasteiger partial charge < -0.3 is 0 Å². The van der Waals surface area contributed by atoms with Crippen molar-refractivity contribution in [1.82, 2.24) is 14.7 Å². The van der Waals surface area contributed by atoms with Crippen molar-refractivity contribution in [1.29, 1.82) is 0 Å². The number of aryl methyl sites for hydroxylation is 1. The molecular weight excluding hydrogens is 242 g/mol. The summed E-state index contributed by atoms with van der Waals surface area (Å²) >= 11 is 0. The Morgan fingerprint density at radius 2 is 2.21 bits per heavy atom. The number of imide groups is 1. The highest BCUT2D eigenvalue weighted by molar-refractivity contribution is 6.07.